The predicted molar refractivity (Wildman–Crippen MR) is 69.9 cm³/mol. The molecule has 1 aromatic rings. The molecule has 16 heavy (non-hydrogen) atoms. The fourth-order valence-corrected chi connectivity index (χ4v) is 1.56. The molecule has 0 spiro atoms. The zero-order valence-corrected chi connectivity index (χ0v) is 11.2. The molecule has 0 fully saturated rings. The van der Waals surface area contributed by atoms with Crippen molar-refractivity contribution in [2.45, 2.75) is 19.1 Å². The van der Waals surface area contributed by atoms with E-state index in [0.29, 0.717) is 11.8 Å². The first-order valence-corrected chi connectivity index (χ1v) is 5.88. The van der Waals surface area contributed by atoms with Crippen LogP contribution in [-0.4, -0.2) is 17.3 Å². The average Bonchev–Trinajstić information content (AvgIpc) is 2.27. The summed E-state index contributed by atoms with van der Waals surface area (Å²) in [6, 6.07) is 9.01. The molecule has 0 amide bonds. The lowest BCUT2D eigenvalue weighted by molar-refractivity contribution is -0.146. The summed E-state index contributed by atoms with van der Waals surface area (Å²) < 4.78 is 5.06. The molecule has 1 rings (SSSR count). The van der Waals surface area contributed by atoms with Gasteiger partial charge in [-0.05, 0) is 12.0 Å². The maximum absolute atomic E-state index is 11.3. The van der Waals surface area contributed by atoms with Crippen molar-refractivity contribution in [3.8, 4) is 0 Å². The third kappa shape index (κ3) is 5.49. The largest absolute Gasteiger partial charge is 0.460 e. The van der Waals surface area contributed by atoms with Crippen LogP contribution in [0.1, 0.15) is 12.0 Å². The fourth-order valence-electron chi connectivity index (χ4n) is 1.07. The van der Waals surface area contributed by atoms with Crippen LogP contribution in [-0.2, 0) is 16.1 Å². The van der Waals surface area contributed by atoms with E-state index in [0.717, 1.165) is 5.56 Å². The summed E-state index contributed by atoms with van der Waals surface area (Å²) in [6.07, 6.45) is 0.591. The summed E-state index contributed by atoms with van der Waals surface area (Å²) in [5.41, 5.74) is 6.56. The summed E-state index contributed by atoms with van der Waals surface area (Å²) in [4.78, 5) is 11.3. The summed E-state index contributed by atoms with van der Waals surface area (Å²) in [5.74, 6) is -0.349. The smallest absolute Gasteiger partial charge is 0.323 e. The molecule has 2 N–H and O–H groups in total. The standard InChI is InChI=1S/C11H14BrNO2.ClH/c12-7-6-10(13)11(14)15-8-9-4-2-1-3-5-9;/h1-5,10H,6-8,13H2;1H/t10-;/m0./s1. The molecule has 0 aliphatic heterocycles. The lowest BCUT2D eigenvalue weighted by Crippen LogP contribution is -2.32. The van der Waals surface area contributed by atoms with Gasteiger partial charge in [-0.1, -0.05) is 46.3 Å². The number of halogens is 2. The first kappa shape index (κ1) is 15.4. The van der Waals surface area contributed by atoms with Crippen LogP contribution in [0, 0.1) is 0 Å². The van der Waals surface area contributed by atoms with Crippen LogP contribution >= 0.6 is 28.3 Å². The Morgan fingerprint density at radius 1 is 1.38 bits per heavy atom. The van der Waals surface area contributed by atoms with Crippen LogP contribution in [0.4, 0.5) is 0 Å². The molecular formula is C11H15BrClNO2. The Balaban J connectivity index is 0.00000225. The number of ether oxygens (including phenoxy) is 1. The molecule has 5 heteroatoms. The van der Waals surface area contributed by atoms with E-state index >= 15 is 0 Å². The van der Waals surface area contributed by atoms with E-state index < -0.39 is 6.04 Å². The molecule has 0 radical (unpaired) electrons. The number of nitrogens with two attached hydrogens (primary N) is 1. The van der Waals surface area contributed by atoms with E-state index in [1.54, 1.807) is 0 Å². The van der Waals surface area contributed by atoms with Crippen molar-refractivity contribution in [2.75, 3.05) is 5.33 Å². The van der Waals surface area contributed by atoms with Crippen molar-refractivity contribution in [1.29, 1.82) is 0 Å². The monoisotopic (exact) mass is 307 g/mol. The predicted octanol–water partition coefficient (Wildman–Crippen LogP) is 2.26. The molecule has 0 aliphatic rings. The highest BCUT2D eigenvalue weighted by atomic mass is 79.9. The van der Waals surface area contributed by atoms with Crippen LogP contribution in [0.2, 0.25) is 0 Å². The van der Waals surface area contributed by atoms with Crippen molar-refractivity contribution in [2.24, 2.45) is 5.73 Å². The zero-order valence-electron chi connectivity index (χ0n) is 8.77. The van der Waals surface area contributed by atoms with Gasteiger partial charge in [0.25, 0.3) is 0 Å². The Bertz CT molecular complexity index is 308. The first-order valence-electron chi connectivity index (χ1n) is 4.76. The summed E-state index contributed by atoms with van der Waals surface area (Å²) >= 11 is 3.23. The zero-order chi connectivity index (χ0) is 11.1. The van der Waals surface area contributed by atoms with Crippen molar-refractivity contribution in [3.05, 3.63) is 35.9 Å². The maximum atomic E-state index is 11.3. The van der Waals surface area contributed by atoms with E-state index in [-0.39, 0.29) is 25.0 Å². The SMILES string of the molecule is Cl.N[C@@H](CCBr)C(=O)OCc1ccccc1. The van der Waals surface area contributed by atoms with Gasteiger partial charge in [-0.3, -0.25) is 4.79 Å². The minimum atomic E-state index is -0.534. The fraction of sp³-hybridized carbons (Fsp3) is 0.364. The minimum absolute atomic E-state index is 0. The minimum Gasteiger partial charge on any atom is -0.460 e. The number of carbonyl (C=O) groups excluding carboxylic acids is 1. The number of rotatable bonds is 5. The molecule has 0 aliphatic carbocycles. The third-order valence-electron chi connectivity index (χ3n) is 1.95. The second kappa shape index (κ2) is 8.56. The number of hydrogen-bond donors (Lipinski definition) is 1. The first-order chi connectivity index (χ1) is 7.24. The lowest BCUT2D eigenvalue weighted by atomic mass is 10.2. The van der Waals surface area contributed by atoms with Gasteiger partial charge in [0, 0.05) is 5.33 Å². The topological polar surface area (TPSA) is 52.3 Å². The molecule has 90 valence electrons. The number of carbonyl (C=O) groups is 1. The Morgan fingerprint density at radius 2 is 2.00 bits per heavy atom. The average molecular weight is 309 g/mol. The number of benzene rings is 1. The van der Waals surface area contributed by atoms with E-state index in [9.17, 15) is 4.79 Å². The normalized spacial score (nSPS) is 11.4. The van der Waals surface area contributed by atoms with E-state index in [1.807, 2.05) is 30.3 Å². The van der Waals surface area contributed by atoms with Crippen molar-refractivity contribution >= 4 is 34.3 Å². The second-order valence-corrected chi connectivity index (χ2v) is 3.97. The quantitative estimate of drug-likeness (QED) is 0.670. The van der Waals surface area contributed by atoms with Crippen LogP contribution in [0.15, 0.2) is 30.3 Å². The highest BCUT2D eigenvalue weighted by Crippen LogP contribution is 2.03. The summed E-state index contributed by atoms with van der Waals surface area (Å²) in [6.45, 7) is 0.287. The van der Waals surface area contributed by atoms with Gasteiger partial charge in [0.2, 0.25) is 0 Å². The molecule has 0 saturated carbocycles. The molecule has 0 aromatic heterocycles. The molecule has 1 aromatic carbocycles. The molecule has 3 nitrogen and oxygen atoms in total. The van der Waals surface area contributed by atoms with Gasteiger partial charge in [0.1, 0.15) is 12.6 Å². The van der Waals surface area contributed by atoms with E-state index in [1.165, 1.54) is 0 Å². The summed E-state index contributed by atoms with van der Waals surface area (Å²) in [5, 5.41) is 0.703. The molecule has 0 unspecified atom stereocenters. The van der Waals surface area contributed by atoms with Gasteiger partial charge < -0.3 is 10.5 Å². The van der Waals surface area contributed by atoms with Gasteiger partial charge in [0.15, 0.2) is 0 Å². The Hall–Kier alpha value is -0.580. The molecule has 0 saturated heterocycles. The van der Waals surface area contributed by atoms with Gasteiger partial charge in [-0.25, -0.2) is 0 Å². The van der Waals surface area contributed by atoms with Crippen LogP contribution in [0.3, 0.4) is 0 Å². The van der Waals surface area contributed by atoms with Gasteiger partial charge in [-0.15, -0.1) is 12.4 Å². The Kier molecular flexibility index (Phi) is 8.25. The van der Waals surface area contributed by atoms with Crippen molar-refractivity contribution < 1.29 is 9.53 Å². The highest BCUT2D eigenvalue weighted by Gasteiger charge is 2.13. The van der Waals surface area contributed by atoms with Crippen LogP contribution < -0.4 is 5.73 Å². The number of alkyl halides is 1. The van der Waals surface area contributed by atoms with Gasteiger partial charge >= 0.3 is 5.97 Å². The number of hydrogen-bond acceptors (Lipinski definition) is 3. The van der Waals surface area contributed by atoms with Crippen molar-refractivity contribution in [3.63, 3.8) is 0 Å². The van der Waals surface area contributed by atoms with Crippen LogP contribution in [0.25, 0.3) is 0 Å². The second-order valence-electron chi connectivity index (χ2n) is 3.18. The summed E-state index contributed by atoms with van der Waals surface area (Å²) in [7, 11) is 0. The van der Waals surface area contributed by atoms with E-state index in [2.05, 4.69) is 15.9 Å². The number of esters is 1. The Morgan fingerprint density at radius 3 is 2.56 bits per heavy atom. The lowest BCUT2D eigenvalue weighted by Gasteiger charge is -2.09. The Labute approximate surface area is 110 Å². The van der Waals surface area contributed by atoms with Crippen LogP contribution in [0.5, 0.6) is 0 Å². The molecular weight excluding hydrogens is 293 g/mol. The highest BCUT2D eigenvalue weighted by molar-refractivity contribution is 9.09. The molecule has 1 atom stereocenters. The van der Waals surface area contributed by atoms with Gasteiger partial charge in [-0.2, -0.15) is 0 Å². The third-order valence-corrected chi connectivity index (χ3v) is 2.40. The molecule has 0 bridgehead atoms. The van der Waals surface area contributed by atoms with E-state index in [4.69, 9.17) is 10.5 Å². The van der Waals surface area contributed by atoms with Gasteiger partial charge in [0.05, 0.1) is 0 Å². The molecule has 0 heterocycles. The van der Waals surface area contributed by atoms with Crippen molar-refractivity contribution in [1.82, 2.24) is 0 Å². The maximum Gasteiger partial charge on any atom is 0.323 e.